The fourth-order valence-corrected chi connectivity index (χ4v) is 3.53. The molecule has 0 aliphatic heterocycles. The Balaban J connectivity index is 1.73. The summed E-state index contributed by atoms with van der Waals surface area (Å²) in [5.74, 6) is 1.72. The van der Waals surface area contributed by atoms with Crippen molar-refractivity contribution in [3.63, 3.8) is 0 Å². The number of aryl methyl sites for hydroxylation is 1. The molecule has 0 radical (unpaired) electrons. The topological polar surface area (TPSA) is 73.9 Å². The smallest absolute Gasteiger partial charge is 0.306 e. The first-order valence-corrected chi connectivity index (χ1v) is 9.60. The molecule has 0 unspecified atom stereocenters. The normalized spacial score (nSPS) is 22.0. The first kappa shape index (κ1) is 21.1. The molecule has 6 nitrogen and oxygen atoms in total. The minimum absolute atomic E-state index is 0.173. The number of nitrogens with one attached hydrogen (secondary N) is 1. The molecule has 1 saturated carbocycles. The fourth-order valence-electron chi connectivity index (χ4n) is 3.53. The molecule has 0 saturated heterocycles. The Labute approximate surface area is 161 Å². The predicted molar refractivity (Wildman–Crippen MR) is 103 cm³/mol. The van der Waals surface area contributed by atoms with Crippen LogP contribution in [0.3, 0.4) is 0 Å². The van der Waals surface area contributed by atoms with Crippen LogP contribution < -0.4 is 14.8 Å². The summed E-state index contributed by atoms with van der Waals surface area (Å²) in [7, 11) is 3.15. The second-order valence-corrected chi connectivity index (χ2v) is 7.29. The summed E-state index contributed by atoms with van der Waals surface area (Å²) < 4.78 is 15.6. The number of ether oxygens (including phenoxy) is 3. The van der Waals surface area contributed by atoms with Crippen LogP contribution in [0.25, 0.3) is 0 Å². The monoisotopic (exact) mass is 377 g/mol. The maximum absolute atomic E-state index is 12.1. The second-order valence-electron chi connectivity index (χ2n) is 7.29. The van der Waals surface area contributed by atoms with E-state index < -0.39 is 0 Å². The van der Waals surface area contributed by atoms with Gasteiger partial charge in [0.25, 0.3) is 5.91 Å². The van der Waals surface area contributed by atoms with E-state index >= 15 is 0 Å². The Morgan fingerprint density at radius 1 is 1.11 bits per heavy atom. The lowest BCUT2D eigenvalue weighted by Gasteiger charge is -2.34. The molecule has 0 spiro atoms. The summed E-state index contributed by atoms with van der Waals surface area (Å²) >= 11 is 0. The molecule has 0 aromatic heterocycles. The SMILES string of the molecule is COc1ccc(CCC(=O)OCC(=O)N[C@H]2CCC[C@H](C)[C@H]2C)cc1OC. The van der Waals surface area contributed by atoms with Crippen LogP contribution in [0, 0.1) is 11.8 Å². The zero-order chi connectivity index (χ0) is 19.8. The number of esters is 1. The molecule has 0 bridgehead atoms. The predicted octanol–water partition coefficient (Wildman–Crippen LogP) is 3.12. The molecule has 1 fully saturated rings. The van der Waals surface area contributed by atoms with Gasteiger partial charge in [0.2, 0.25) is 0 Å². The molecule has 6 heteroatoms. The first-order chi connectivity index (χ1) is 12.9. The first-order valence-electron chi connectivity index (χ1n) is 9.60. The van der Waals surface area contributed by atoms with Crippen molar-refractivity contribution < 1.29 is 23.8 Å². The van der Waals surface area contributed by atoms with Gasteiger partial charge < -0.3 is 19.5 Å². The molecule has 1 N–H and O–H groups in total. The fraction of sp³-hybridized carbons (Fsp3) is 0.619. The van der Waals surface area contributed by atoms with Gasteiger partial charge >= 0.3 is 5.97 Å². The van der Waals surface area contributed by atoms with Crippen molar-refractivity contribution in [2.75, 3.05) is 20.8 Å². The highest BCUT2D eigenvalue weighted by Gasteiger charge is 2.28. The number of hydrogen-bond acceptors (Lipinski definition) is 5. The highest BCUT2D eigenvalue weighted by atomic mass is 16.5. The molecule has 1 amide bonds. The quantitative estimate of drug-likeness (QED) is 0.705. The van der Waals surface area contributed by atoms with Crippen LogP contribution in [0.4, 0.5) is 0 Å². The summed E-state index contributed by atoms with van der Waals surface area (Å²) in [6, 6.07) is 5.70. The molecule has 150 valence electrons. The van der Waals surface area contributed by atoms with Crippen LogP contribution in [0.1, 0.15) is 45.1 Å². The maximum Gasteiger partial charge on any atom is 0.306 e. The van der Waals surface area contributed by atoms with E-state index in [1.165, 1.54) is 6.42 Å². The summed E-state index contributed by atoms with van der Waals surface area (Å²) in [6.07, 6.45) is 4.04. The summed E-state index contributed by atoms with van der Waals surface area (Å²) in [6.45, 7) is 4.17. The van der Waals surface area contributed by atoms with Crippen molar-refractivity contribution in [2.24, 2.45) is 11.8 Å². The zero-order valence-corrected chi connectivity index (χ0v) is 16.7. The van der Waals surface area contributed by atoms with E-state index in [0.29, 0.717) is 29.8 Å². The zero-order valence-electron chi connectivity index (χ0n) is 16.7. The largest absolute Gasteiger partial charge is 0.493 e. The standard InChI is InChI=1S/C21H31NO5/c1-14-6-5-7-17(15(14)2)22-20(23)13-27-21(24)11-9-16-8-10-18(25-3)19(12-16)26-4/h8,10,12,14-15,17H,5-7,9,11,13H2,1-4H3,(H,22,23)/t14-,15+,17-/m0/s1. The van der Waals surface area contributed by atoms with Crippen molar-refractivity contribution in [1.82, 2.24) is 5.32 Å². The van der Waals surface area contributed by atoms with Gasteiger partial charge in [-0.25, -0.2) is 0 Å². The minimum Gasteiger partial charge on any atom is -0.493 e. The van der Waals surface area contributed by atoms with E-state index in [0.717, 1.165) is 18.4 Å². The third-order valence-electron chi connectivity index (χ3n) is 5.48. The molecule has 1 aromatic carbocycles. The van der Waals surface area contributed by atoms with Crippen LogP contribution in [0.2, 0.25) is 0 Å². The molecule has 1 aromatic rings. The number of benzene rings is 1. The van der Waals surface area contributed by atoms with E-state index in [1.54, 1.807) is 20.3 Å². The highest BCUT2D eigenvalue weighted by molar-refractivity contribution is 5.80. The van der Waals surface area contributed by atoms with Crippen LogP contribution in [-0.2, 0) is 20.7 Å². The van der Waals surface area contributed by atoms with Gasteiger partial charge in [-0.05, 0) is 42.4 Å². The molecule has 2 rings (SSSR count). The maximum atomic E-state index is 12.1. The number of carbonyl (C=O) groups excluding carboxylic acids is 2. The molecule has 1 aliphatic rings. The number of hydrogen-bond donors (Lipinski definition) is 1. The third-order valence-corrected chi connectivity index (χ3v) is 5.48. The Kier molecular flexibility index (Phi) is 7.95. The van der Waals surface area contributed by atoms with E-state index in [1.807, 2.05) is 12.1 Å². The van der Waals surface area contributed by atoms with Crippen LogP contribution in [0.5, 0.6) is 11.5 Å². The van der Waals surface area contributed by atoms with Gasteiger partial charge in [0.1, 0.15) is 0 Å². The van der Waals surface area contributed by atoms with Crippen molar-refractivity contribution >= 4 is 11.9 Å². The van der Waals surface area contributed by atoms with Crippen molar-refractivity contribution in [2.45, 2.75) is 52.0 Å². The second kappa shape index (κ2) is 10.2. The van der Waals surface area contributed by atoms with E-state index in [4.69, 9.17) is 14.2 Å². The van der Waals surface area contributed by atoms with Crippen LogP contribution in [0.15, 0.2) is 18.2 Å². The van der Waals surface area contributed by atoms with E-state index in [-0.39, 0.29) is 30.9 Å². The molecule has 0 heterocycles. The Morgan fingerprint density at radius 2 is 1.85 bits per heavy atom. The van der Waals surface area contributed by atoms with E-state index in [2.05, 4.69) is 19.2 Å². The Bertz CT molecular complexity index is 645. The number of carbonyl (C=O) groups is 2. The molecular formula is C21H31NO5. The lowest BCUT2D eigenvalue weighted by atomic mass is 9.78. The molecule has 27 heavy (non-hydrogen) atoms. The van der Waals surface area contributed by atoms with Gasteiger partial charge in [0, 0.05) is 12.5 Å². The van der Waals surface area contributed by atoms with Gasteiger partial charge in [0.15, 0.2) is 18.1 Å². The van der Waals surface area contributed by atoms with Crippen molar-refractivity contribution in [3.05, 3.63) is 23.8 Å². The van der Waals surface area contributed by atoms with Gasteiger partial charge in [-0.2, -0.15) is 0 Å². The summed E-state index contributed by atoms with van der Waals surface area (Å²) in [5.41, 5.74) is 0.944. The van der Waals surface area contributed by atoms with Gasteiger partial charge in [-0.3, -0.25) is 9.59 Å². The summed E-state index contributed by atoms with van der Waals surface area (Å²) in [5, 5.41) is 3.01. The molecule has 3 atom stereocenters. The molecule has 1 aliphatic carbocycles. The van der Waals surface area contributed by atoms with Gasteiger partial charge in [-0.1, -0.05) is 32.8 Å². The number of amides is 1. The summed E-state index contributed by atoms with van der Waals surface area (Å²) in [4.78, 5) is 24.0. The van der Waals surface area contributed by atoms with Crippen LogP contribution >= 0.6 is 0 Å². The Morgan fingerprint density at radius 3 is 2.56 bits per heavy atom. The highest BCUT2D eigenvalue weighted by Crippen LogP contribution is 2.29. The van der Waals surface area contributed by atoms with Crippen molar-refractivity contribution in [3.8, 4) is 11.5 Å². The Hall–Kier alpha value is -2.24. The third kappa shape index (κ3) is 6.15. The average Bonchev–Trinajstić information content (AvgIpc) is 2.68. The van der Waals surface area contributed by atoms with Gasteiger partial charge in [0.05, 0.1) is 14.2 Å². The lowest BCUT2D eigenvalue weighted by Crippen LogP contribution is -2.45. The molecular weight excluding hydrogens is 346 g/mol. The number of methoxy groups -OCH3 is 2. The average molecular weight is 377 g/mol. The van der Waals surface area contributed by atoms with Crippen molar-refractivity contribution in [1.29, 1.82) is 0 Å². The van der Waals surface area contributed by atoms with E-state index in [9.17, 15) is 9.59 Å². The van der Waals surface area contributed by atoms with Gasteiger partial charge in [-0.15, -0.1) is 0 Å². The van der Waals surface area contributed by atoms with Crippen LogP contribution in [-0.4, -0.2) is 38.7 Å². The lowest BCUT2D eigenvalue weighted by molar-refractivity contribution is -0.148. The number of rotatable bonds is 8. The minimum atomic E-state index is -0.384.